The quantitative estimate of drug-likeness (QED) is 0.673. The Balaban J connectivity index is 1.47. The van der Waals surface area contributed by atoms with E-state index < -0.39 is 0 Å². The summed E-state index contributed by atoms with van der Waals surface area (Å²) in [5, 5.41) is 15.4. The second-order valence-electron chi connectivity index (χ2n) is 6.07. The van der Waals surface area contributed by atoms with Crippen molar-refractivity contribution in [2.45, 2.75) is 39.7 Å². The molecule has 1 aromatic carbocycles. The molecule has 136 valence electrons. The molecule has 3 rings (SSSR count). The van der Waals surface area contributed by atoms with Crippen molar-refractivity contribution in [3.05, 3.63) is 53.5 Å². The lowest BCUT2D eigenvalue weighted by Crippen LogP contribution is -2.25. The number of hydrogen-bond donors (Lipinski definition) is 1. The first-order chi connectivity index (χ1) is 12.7. The molecule has 0 saturated heterocycles. The molecule has 7 nitrogen and oxygen atoms in total. The lowest BCUT2D eigenvalue weighted by atomic mass is 10.1. The number of aromatic nitrogens is 4. The maximum atomic E-state index is 12.0. The van der Waals surface area contributed by atoms with Crippen LogP contribution in [0.2, 0.25) is 0 Å². The van der Waals surface area contributed by atoms with Gasteiger partial charge in [0.2, 0.25) is 11.8 Å². The first kappa shape index (κ1) is 17.8. The van der Waals surface area contributed by atoms with E-state index in [1.165, 1.54) is 5.56 Å². The van der Waals surface area contributed by atoms with Crippen molar-refractivity contribution >= 4 is 5.91 Å². The molecule has 0 atom stereocenters. The van der Waals surface area contributed by atoms with E-state index in [-0.39, 0.29) is 5.91 Å². The van der Waals surface area contributed by atoms with Crippen molar-refractivity contribution in [1.82, 2.24) is 25.3 Å². The van der Waals surface area contributed by atoms with Crippen molar-refractivity contribution in [3.8, 4) is 11.6 Å². The van der Waals surface area contributed by atoms with Gasteiger partial charge in [-0.05, 0) is 31.9 Å². The van der Waals surface area contributed by atoms with Crippen molar-refractivity contribution < 1.29 is 9.21 Å². The van der Waals surface area contributed by atoms with Gasteiger partial charge in [0.25, 0.3) is 5.89 Å². The second-order valence-corrected chi connectivity index (χ2v) is 6.07. The largest absolute Gasteiger partial charge is 0.419 e. The van der Waals surface area contributed by atoms with Crippen LogP contribution in [0.1, 0.15) is 30.5 Å². The van der Waals surface area contributed by atoms with Crippen molar-refractivity contribution in [2.75, 3.05) is 6.54 Å². The van der Waals surface area contributed by atoms with Crippen LogP contribution in [0.3, 0.4) is 0 Å². The number of carbonyl (C=O) groups is 1. The van der Waals surface area contributed by atoms with Crippen LogP contribution >= 0.6 is 0 Å². The molecule has 0 aliphatic rings. The Kier molecular flexibility index (Phi) is 5.78. The van der Waals surface area contributed by atoms with Crippen LogP contribution in [0.5, 0.6) is 0 Å². The normalized spacial score (nSPS) is 10.8. The summed E-state index contributed by atoms with van der Waals surface area (Å²) in [5.74, 6) is 0.877. The summed E-state index contributed by atoms with van der Waals surface area (Å²) < 4.78 is 7.51. The smallest absolute Gasteiger partial charge is 0.265 e. The van der Waals surface area contributed by atoms with Gasteiger partial charge in [-0.25, -0.2) is 0 Å². The summed E-state index contributed by atoms with van der Waals surface area (Å²) in [6.45, 7) is 5.28. The molecular weight excluding hydrogens is 330 g/mol. The molecule has 26 heavy (non-hydrogen) atoms. The zero-order valence-electron chi connectivity index (χ0n) is 15.1. The molecular formula is C19H23N5O2. The number of hydrogen-bond acceptors (Lipinski definition) is 5. The van der Waals surface area contributed by atoms with Gasteiger partial charge in [-0.3, -0.25) is 9.48 Å². The molecule has 0 aliphatic carbocycles. The molecule has 1 N–H and O–H groups in total. The van der Waals surface area contributed by atoms with Crippen LogP contribution in [-0.4, -0.2) is 32.4 Å². The van der Waals surface area contributed by atoms with Crippen LogP contribution < -0.4 is 5.32 Å². The fourth-order valence-electron chi connectivity index (χ4n) is 2.72. The van der Waals surface area contributed by atoms with Gasteiger partial charge in [-0.15, -0.1) is 10.2 Å². The highest BCUT2D eigenvalue weighted by Gasteiger charge is 2.15. The molecule has 0 radical (unpaired) electrons. The van der Waals surface area contributed by atoms with Gasteiger partial charge in [0.05, 0.1) is 5.69 Å². The monoisotopic (exact) mass is 353 g/mol. The summed E-state index contributed by atoms with van der Waals surface area (Å²) >= 11 is 0. The Morgan fingerprint density at radius 2 is 2.00 bits per heavy atom. The van der Waals surface area contributed by atoms with Crippen LogP contribution in [-0.2, 0) is 24.2 Å². The highest BCUT2D eigenvalue weighted by atomic mass is 16.4. The fourth-order valence-corrected chi connectivity index (χ4v) is 2.72. The zero-order chi connectivity index (χ0) is 18.4. The molecule has 0 bridgehead atoms. The SMILES string of the molecule is CCn1nc(C)cc1-c1nnc(CCC(=O)NCCc2ccccc2)o1. The van der Waals surface area contributed by atoms with Crippen molar-refractivity contribution in [2.24, 2.45) is 0 Å². The lowest BCUT2D eigenvalue weighted by Gasteiger charge is -2.04. The molecule has 1 amide bonds. The maximum Gasteiger partial charge on any atom is 0.265 e. The van der Waals surface area contributed by atoms with Crippen molar-refractivity contribution in [1.29, 1.82) is 0 Å². The molecule has 3 aromatic rings. The van der Waals surface area contributed by atoms with E-state index in [0.29, 0.717) is 31.2 Å². The molecule has 0 aliphatic heterocycles. The predicted molar refractivity (Wildman–Crippen MR) is 97.4 cm³/mol. The lowest BCUT2D eigenvalue weighted by molar-refractivity contribution is -0.121. The Morgan fingerprint density at radius 3 is 2.77 bits per heavy atom. The Labute approximate surface area is 152 Å². The average Bonchev–Trinajstić information content (AvgIpc) is 3.27. The van der Waals surface area contributed by atoms with E-state index in [2.05, 4.69) is 32.7 Å². The molecule has 2 aromatic heterocycles. The highest BCUT2D eigenvalue weighted by Crippen LogP contribution is 2.19. The number of benzene rings is 1. The molecule has 2 heterocycles. The van der Waals surface area contributed by atoms with Gasteiger partial charge < -0.3 is 9.73 Å². The Hall–Kier alpha value is -2.96. The number of nitrogens with one attached hydrogen (secondary N) is 1. The van der Waals surface area contributed by atoms with Gasteiger partial charge in [0.15, 0.2) is 0 Å². The standard InChI is InChI=1S/C19H23N5O2/c1-3-24-16(13-14(2)23-24)19-22-21-18(26-19)10-9-17(25)20-12-11-15-7-5-4-6-8-15/h4-8,13H,3,9-12H2,1-2H3,(H,20,25). The Bertz CT molecular complexity index is 854. The first-order valence-corrected chi connectivity index (χ1v) is 8.83. The van der Waals surface area contributed by atoms with Gasteiger partial charge >= 0.3 is 0 Å². The third-order valence-electron chi connectivity index (χ3n) is 4.03. The minimum atomic E-state index is -0.0184. The van der Waals surface area contributed by atoms with Gasteiger partial charge in [-0.1, -0.05) is 30.3 Å². The molecule has 7 heteroatoms. The number of rotatable bonds is 8. The summed E-state index contributed by atoms with van der Waals surface area (Å²) in [6, 6.07) is 12.0. The van der Waals surface area contributed by atoms with Crippen molar-refractivity contribution in [3.63, 3.8) is 0 Å². The number of amides is 1. The zero-order valence-corrected chi connectivity index (χ0v) is 15.1. The van der Waals surface area contributed by atoms with E-state index in [4.69, 9.17) is 4.42 Å². The van der Waals surface area contributed by atoms with Gasteiger partial charge in [-0.2, -0.15) is 5.10 Å². The number of carbonyl (C=O) groups excluding carboxylic acids is 1. The predicted octanol–water partition coefficient (Wildman–Crippen LogP) is 2.55. The van der Waals surface area contributed by atoms with Gasteiger partial charge in [0, 0.05) is 25.9 Å². The highest BCUT2D eigenvalue weighted by molar-refractivity contribution is 5.76. The third kappa shape index (κ3) is 4.56. The number of aryl methyl sites for hydroxylation is 3. The second kappa shape index (κ2) is 8.42. The fraction of sp³-hybridized carbons (Fsp3) is 0.368. The number of nitrogens with zero attached hydrogens (tertiary/aromatic N) is 4. The van der Waals surface area contributed by atoms with Crippen LogP contribution in [0.15, 0.2) is 40.8 Å². The average molecular weight is 353 g/mol. The van der Waals surface area contributed by atoms with E-state index in [1.54, 1.807) is 0 Å². The minimum Gasteiger partial charge on any atom is -0.419 e. The van der Waals surface area contributed by atoms with Crippen LogP contribution in [0.25, 0.3) is 11.6 Å². The Morgan fingerprint density at radius 1 is 1.19 bits per heavy atom. The molecule has 0 saturated carbocycles. The summed E-state index contributed by atoms with van der Waals surface area (Å²) in [4.78, 5) is 12.0. The van der Waals surface area contributed by atoms with E-state index in [1.807, 2.05) is 42.8 Å². The summed E-state index contributed by atoms with van der Waals surface area (Å²) in [7, 11) is 0. The van der Waals surface area contributed by atoms with Gasteiger partial charge in [0.1, 0.15) is 5.69 Å². The minimum absolute atomic E-state index is 0.0184. The van der Waals surface area contributed by atoms with E-state index in [9.17, 15) is 4.79 Å². The van der Waals surface area contributed by atoms with E-state index >= 15 is 0 Å². The summed E-state index contributed by atoms with van der Waals surface area (Å²) in [5.41, 5.74) is 2.91. The van der Waals surface area contributed by atoms with Crippen LogP contribution in [0.4, 0.5) is 0 Å². The molecule has 0 spiro atoms. The van der Waals surface area contributed by atoms with E-state index in [0.717, 1.165) is 24.4 Å². The molecule has 0 unspecified atom stereocenters. The first-order valence-electron chi connectivity index (χ1n) is 8.83. The molecule has 0 fully saturated rings. The topological polar surface area (TPSA) is 85.8 Å². The third-order valence-corrected chi connectivity index (χ3v) is 4.03. The summed E-state index contributed by atoms with van der Waals surface area (Å²) in [6.07, 6.45) is 1.56. The maximum absolute atomic E-state index is 12.0. The van der Waals surface area contributed by atoms with Crippen LogP contribution in [0, 0.1) is 6.92 Å².